The second-order valence-corrected chi connectivity index (χ2v) is 2.26. The molecular formula is C10H16NNa. The molecule has 0 aliphatic heterocycles. The Morgan fingerprint density at radius 3 is 1.83 bits per heavy atom. The third-order valence-corrected chi connectivity index (χ3v) is 1.15. The summed E-state index contributed by atoms with van der Waals surface area (Å²) in [7, 11) is 0. The van der Waals surface area contributed by atoms with Crippen molar-refractivity contribution in [2.75, 3.05) is 5.73 Å². The van der Waals surface area contributed by atoms with Gasteiger partial charge in [0.05, 0.1) is 0 Å². The summed E-state index contributed by atoms with van der Waals surface area (Å²) in [5.74, 6) is 0. The van der Waals surface area contributed by atoms with Gasteiger partial charge in [0.15, 0.2) is 0 Å². The number of anilines is 1. The van der Waals surface area contributed by atoms with E-state index in [0.29, 0.717) is 0 Å². The van der Waals surface area contributed by atoms with Crippen LogP contribution in [-0.4, -0.2) is 0 Å². The maximum atomic E-state index is 5.36. The number of unbranched alkanes of at least 4 members (excludes halogenated alkanes) is 1. The quantitative estimate of drug-likeness (QED) is 0.358. The minimum atomic E-state index is 0. The number of benzene rings is 1. The Hall–Kier alpha value is 0.0200. The predicted molar refractivity (Wildman–Crippen MR) is 51.1 cm³/mol. The average molecular weight is 173 g/mol. The summed E-state index contributed by atoms with van der Waals surface area (Å²) in [5.41, 5.74) is 6.18. The fourth-order valence-corrected chi connectivity index (χ4v) is 0.453. The molecule has 0 spiro atoms. The van der Waals surface area contributed by atoms with Crippen molar-refractivity contribution in [3.63, 3.8) is 0 Å². The number of hydrogen-bond donors (Lipinski definition) is 1. The second kappa shape index (κ2) is 11.0. The van der Waals surface area contributed by atoms with E-state index in [1.54, 1.807) is 0 Å². The van der Waals surface area contributed by atoms with E-state index in [9.17, 15) is 0 Å². The summed E-state index contributed by atoms with van der Waals surface area (Å²) in [6.45, 7) is 5.72. The molecule has 0 amide bonds. The van der Waals surface area contributed by atoms with Gasteiger partial charge in [-0.3, -0.25) is 0 Å². The van der Waals surface area contributed by atoms with Crippen LogP contribution in [0, 0.1) is 6.92 Å². The van der Waals surface area contributed by atoms with Crippen molar-refractivity contribution < 1.29 is 29.6 Å². The smallest absolute Gasteiger partial charge is 0.399 e. The molecule has 1 aromatic rings. The van der Waals surface area contributed by atoms with Crippen LogP contribution in [0.4, 0.5) is 5.69 Å². The van der Waals surface area contributed by atoms with E-state index in [2.05, 4.69) is 13.8 Å². The molecule has 0 fully saturated rings. The summed E-state index contributed by atoms with van der Waals surface area (Å²) in [4.78, 5) is 0. The molecule has 2 heteroatoms. The van der Waals surface area contributed by atoms with Crippen LogP contribution in [-0.2, 0) is 0 Å². The zero-order chi connectivity index (χ0) is 8.53. The molecule has 0 aliphatic rings. The van der Waals surface area contributed by atoms with Gasteiger partial charge in [0.2, 0.25) is 0 Å². The van der Waals surface area contributed by atoms with Crippen molar-refractivity contribution in [3.05, 3.63) is 37.3 Å². The maximum absolute atomic E-state index is 5.36. The number of rotatable bonds is 1. The van der Waals surface area contributed by atoms with Gasteiger partial charge in [-0.2, -0.15) is 6.42 Å². The van der Waals surface area contributed by atoms with Gasteiger partial charge in [-0.15, -0.1) is 0 Å². The minimum absolute atomic E-state index is 0. The molecule has 0 heterocycles. The molecule has 1 aromatic carbocycles. The van der Waals surface area contributed by atoms with E-state index in [0.717, 1.165) is 12.1 Å². The van der Waals surface area contributed by atoms with Gasteiger partial charge in [-0.25, -0.2) is 0 Å². The Bertz CT molecular complexity index is 161. The zero-order valence-electron chi connectivity index (χ0n) is 8.09. The molecule has 12 heavy (non-hydrogen) atoms. The molecule has 0 aromatic heterocycles. The first-order chi connectivity index (χ1) is 5.31. The van der Waals surface area contributed by atoms with Crippen LogP contribution in [0.3, 0.4) is 0 Å². The van der Waals surface area contributed by atoms with E-state index < -0.39 is 0 Å². The first-order valence-corrected chi connectivity index (χ1v) is 3.91. The molecule has 1 nitrogen and oxygen atoms in total. The van der Waals surface area contributed by atoms with Gasteiger partial charge in [0.25, 0.3) is 0 Å². The monoisotopic (exact) mass is 173 g/mol. The molecule has 1 rings (SSSR count). The Kier molecular flexibility index (Phi) is 13.4. The zero-order valence-corrected chi connectivity index (χ0v) is 10.1. The normalized spacial score (nSPS) is 7.50. The summed E-state index contributed by atoms with van der Waals surface area (Å²) in [5, 5.41) is 0. The largest absolute Gasteiger partial charge is 1.00 e. The number of hydrogen-bond acceptors (Lipinski definition) is 1. The topological polar surface area (TPSA) is 26.0 Å². The van der Waals surface area contributed by atoms with Gasteiger partial charge < -0.3 is 12.7 Å². The number of nitrogen functional groups attached to an aromatic ring is 1. The molecule has 0 saturated carbocycles. The van der Waals surface area contributed by atoms with Gasteiger partial charge in [0.1, 0.15) is 0 Å². The van der Waals surface area contributed by atoms with E-state index in [1.807, 2.05) is 30.3 Å². The van der Waals surface area contributed by atoms with E-state index in [1.165, 1.54) is 6.42 Å². The van der Waals surface area contributed by atoms with Crippen LogP contribution < -0.4 is 35.3 Å². The van der Waals surface area contributed by atoms with Gasteiger partial charge in [0, 0.05) is 5.69 Å². The molecule has 0 saturated heterocycles. The molecule has 0 unspecified atom stereocenters. The minimum Gasteiger partial charge on any atom is -0.399 e. The number of para-hydroxylation sites is 1. The van der Waals surface area contributed by atoms with Crippen molar-refractivity contribution in [3.8, 4) is 0 Å². The molecular weight excluding hydrogens is 157 g/mol. The predicted octanol–water partition coefficient (Wildman–Crippen LogP) is -0.107. The van der Waals surface area contributed by atoms with Crippen LogP contribution >= 0.6 is 0 Å². The van der Waals surface area contributed by atoms with E-state index >= 15 is 0 Å². The molecule has 0 aliphatic carbocycles. The SMILES string of the molecule is Nc1ccccc1.[CH2-]CCC.[Na+]. The first-order valence-electron chi connectivity index (χ1n) is 3.91. The Morgan fingerprint density at radius 2 is 1.67 bits per heavy atom. The van der Waals surface area contributed by atoms with Crippen LogP contribution in [0.1, 0.15) is 19.8 Å². The van der Waals surface area contributed by atoms with Crippen molar-refractivity contribution >= 4 is 5.69 Å². The van der Waals surface area contributed by atoms with Crippen molar-refractivity contribution in [1.82, 2.24) is 0 Å². The summed E-state index contributed by atoms with van der Waals surface area (Å²) >= 11 is 0. The van der Waals surface area contributed by atoms with Crippen molar-refractivity contribution in [1.29, 1.82) is 0 Å². The summed E-state index contributed by atoms with van der Waals surface area (Å²) in [6, 6.07) is 9.49. The van der Waals surface area contributed by atoms with E-state index in [4.69, 9.17) is 5.73 Å². The second-order valence-electron chi connectivity index (χ2n) is 2.26. The Balaban J connectivity index is 0. The van der Waals surface area contributed by atoms with Gasteiger partial charge >= 0.3 is 29.6 Å². The molecule has 0 atom stereocenters. The maximum Gasteiger partial charge on any atom is 1.00 e. The van der Waals surface area contributed by atoms with Crippen LogP contribution in [0.5, 0.6) is 0 Å². The average Bonchev–Trinajstić information content (AvgIpc) is 2.07. The van der Waals surface area contributed by atoms with Crippen molar-refractivity contribution in [2.24, 2.45) is 0 Å². The Morgan fingerprint density at radius 1 is 1.25 bits per heavy atom. The van der Waals surface area contributed by atoms with E-state index in [-0.39, 0.29) is 29.6 Å². The van der Waals surface area contributed by atoms with Crippen molar-refractivity contribution in [2.45, 2.75) is 19.8 Å². The third kappa shape index (κ3) is 10.0. The molecule has 0 bridgehead atoms. The fourth-order valence-electron chi connectivity index (χ4n) is 0.453. The standard InChI is InChI=1S/C6H7N.C4H9.Na/c7-6-4-2-1-3-5-6;1-3-4-2;/h1-5H,7H2;1,3-4H2,2H3;/q;-1;+1. The fraction of sp³-hybridized carbons (Fsp3) is 0.300. The van der Waals surface area contributed by atoms with Crippen LogP contribution in [0.2, 0.25) is 0 Å². The third-order valence-electron chi connectivity index (χ3n) is 1.15. The van der Waals surface area contributed by atoms with Crippen LogP contribution in [0.25, 0.3) is 0 Å². The number of nitrogens with two attached hydrogens (primary N) is 1. The summed E-state index contributed by atoms with van der Waals surface area (Å²) in [6.07, 6.45) is 2.28. The van der Waals surface area contributed by atoms with Crippen LogP contribution in [0.15, 0.2) is 30.3 Å². The summed E-state index contributed by atoms with van der Waals surface area (Å²) < 4.78 is 0. The molecule has 2 N–H and O–H groups in total. The first kappa shape index (κ1) is 14.5. The molecule has 62 valence electrons. The van der Waals surface area contributed by atoms with Gasteiger partial charge in [-0.1, -0.05) is 31.5 Å². The molecule has 0 radical (unpaired) electrons. The Labute approximate surface area is 97.7 Å². The van der Waals surface area contributed by atoms with Gasteiger partial charge in [-0.05, 0) is 12.1 Å².